The lowest BCUT2D eigenvalue weighted by atomic mass is 10.1. The maximum absolute atomic E-state index is 12.1. The van der Waals surface area contributed by atoms with E-state index in [4.69, 9.17) is 10.2 Å². The first kappa shape index (κ1) is 16.4. The Morgan fingerprint density at radius 1 is 1.50 bits per heavy atom. The average Bonchev–Trinajstić information content (AvgIpc) is 2.91. The molecular weight excluding hydrogens is 316 g/mol. The van der Waals surface area contributed by atoms with Crippen molar-refractivity contribution in [3.05, 3.63) is 11.8 Å². The van der Waals surface area contributed by atoms with E-state index in [1.54, 1.807) is 0 Å². The summed E-state index contributed by atoms with van der Waals surface area (Å²) in [6, 6.07) is 0. The number of aliphatic hydroxyl groups excluding tert-OH is 1. The molecule has 1 unspecified atom stereocenters. The molecule has 1 fully saturated rings. The molecule has 1 amide bonds. The number of aromatic nitrogens is 2. The molecule has 1 saturated heterocycles. The number of hydrogen-bond donors (Lipinski definition) is 3. The van der Waals surface area contributed by atoms with Crippen LogP contribution in [0.5, 0.6) is 0 Å². The van der Waals surface area contributed by atoms with E-state index in [-0.39, 0.29) is 43.3 Å². The van der Waals surface area contributed by atoms with Crippen molar-refractivity contribution < 1.29 is 28.2 Å². The number of nitrogens with two attached hydrogens (primary N) is 1. The van der Waals surface area contributed by atoms with Crippen LogP contribution in [0.4, 0.5) is 5.82 Å². The van der Waals surface area contributed by atoms with E-state index >= 15 is 0 Å². The zero-order valence-electron chi connectivity index (χ0n) is 11.5. The van der Waals surface area contributed by atoms with Crippen LogP contribution in [0.3, 0.4) is 0 Å². The van der Waals surface area contributed by atoms with Gasteiger partial charge in [0.2, 0.25) is 15.9 Å². The number of sulfonamides is 1. The van der Waals surface area contributed by atoms with Gasteiger partial charge in [-0.3, -0.25) is 9.69 Å². The van der Waals surface area contributed by atoms with Crippen molar-refractivity contribution in [1.29, 1.82) is 0 Å². The van der Waals surface area contributed by atoms with E-state index < -0.39 is 27.8 Å². The van der Waals surface area contributed by atoms with Gasteiger partial charge in [-0.25, -0.2) is 23.0 Å². The number of hydrogen-bond acceptors (Lipinski definition) is 6. The fourth-order valence-corrected chi connectivity index (χ4v) is 3.38. The van der Waals surface area contributed by atoms with Crippen LogP contribution in [0.25, 0.3) is 0 Å². The van der Waals surface area contributed by atoms with E-state index in [1.807, 2.05) is 0 Å². The SMILES string of the molecule is NS(=O)(=O)CC1CC(=O)N(c2c(C(=O)O)cnn2CCO)C1. The van der Waals surface area contributed by atoms with Crippen molar-refractivity contribution in [1.82, 2.24) is 9.78 Å². The van der Waals surface area contributed by atoms with E-state index in [0.717, 1.165) is 6.20 Å². The summed E-state index contributed by atoms with van der Waals surface area (Å²) in [6.45, 7) is -0.227. The zero-order valence-corrected chi connectivity index (χ0v) is 12.4. The molecule has 1 aliphatic rings. The maximum atomic E-state index is 12.1. The van der Waals surface area contributed by atoms with Gasteiger partial charge >= 0.3 is 5.97 Å². The number of aromatic carboxylic acids is 1. The van der Waals surface area contributed by atoms with E-state index in [9.17, 15) is 23.1 Å². The monoisotopic (exact) mass is 332 g/mol. The normalized spacial score (nSPS) is 18.9. The van der Waals surface area contributed by atoms with Gasteiger partial charge in [0.25, 0.3) is 0 Å². The van der Waals surface area contributed by atoms with Crippen LogP contribution in [-0.4, -0.2) is 59.2 Å². The summed E-state index contributed by atoms with van der Waals surface area (Å²) in [6.07, 6.45) is 1.05. The lowest BCUT2D eigenvalue weighted by Gasteiger charge is -2.19. The Balaban J connectivity index is 2.33. The van der Waals surface area contributed by atoms with Gasteiger partial charge in [0.15, 0.2) is 0 Å². The Bertz CT molecular complexity index is 697. The van der Waals surface area contributed by atoms with Gasteiger partial charge < -0.3 is 10.2 Å². The summed E-state index contributed by atoms with van der Waals surface area (Å²) < 4.78 is 23.5. The molecule has 0 saturated carbocycles. The van der Waals surface area contributed by atoms with Gasteiger partial charge in [-0.2, -0.15) is 5.10 Å². The maximum Gasteiger partial charge on any atom is 0.341 e. The topological polar surface area (TPSA) is 156 Å². The molecule has 0 radical (unpaired) electrons. The van der Waals surface area contributed by atoms with Crippen LogP contribution in [0.15, 0.2) is 6.20 Å². The lowest BCUT2D eigenvalue weighted by Crippen LogP contribution is -2.30. The largest absolute Gasteiger partial charge is 0.477 e. The number of carbonyl (C=O) groups is 2. The van der Waals surface area contributed by atoms with E-state index in [1.165, 1.54) is 9.58 Å². The summed E-state index contributed by atoms with van der Waals surface area (Å²) in [5.41, 5.74) is -0.182. The first-order valence-electron chi connectivity index (χ1n) is 6.43. The van der Waals surface area contributed by atoms with Gasteiger partial charge in [-0.1, -0.05) is 0 Å². The number of rotatable bonds is 6. The molecule has 22 heavy (non-hydrogen) atoms. The van der Waals surface area contributed by atoms with Gasteiger partial charge in [0, 0.05) is 18.9 Å². The molecule has 2 rings (SSSR count). The third-order valence-corrected chi connectivity index (χ3v) is 4.22. The molecule has 2 heterocycles. The number of nitrogens with zero attached hydrogens (tertiary/aromatic N) is 3. The number of aliphatic hydroxyl groups is 1. The quantitative estimate of drug-likeness (QED) is 0.555. The standard InChI is InChI=1S/C11H16N4O6S/c12-22(20,21)6-7-3-9(17)14(5-7)10-8(11(18)19)4-13-15(10)1-2-16/h4,7,16H,1-3,5-6H2,(H,18,19)(H2,12,20,21). The van der Waals surface area contributed by atoms with Crippen molar-refractivity contribution >= 4 is 27.7 Å². The third-order valence-electron chi connectivity index (χ3n) is 3.28. The molecule has 1 aromatic heterocycles. The molecule has 1 atom stereocenters. The highest BCUT2D eigenvalue weighted by Gasteiger charge is 2.36. The Morgan fingerprint density at radius 3 is 2.73 bits per heavy atom. The van der Waals surface area contributed by atoms with Crippen molar-refractivity contribution in [2.24, 2.45) is 11.1 Å². The summed E-state index contributed by atoms with van der Waals surface area (Å²) in [5, 5.41) is 27.0. The Labute approximate surface area is 126 Å². The van der Waals surface area contributed by atoms with Gasteiger partial charge in [0.05, 0.1) is 25.1 Å². The van der Waals surface area contributed by atoms with Gasteiger partial charge in [0.1, 0.15) is 11.4 Å². The minimum absolute atomic E-state index is 0.0201. The van der Waals surface area contributed by atoms with Crippen molar-refractivity contribution in [2.45, 2.75) is 13.0 Å². The molecule has 0 spiro atoms. The molecule has 4 N–H and O–H groups in total. The Hall–Kier alpha value is -1.98. The lowest BCUT2D eigenvalue weighted by molar-refractivity contribution is -0.117. The molecule has 0 bridgehead atoms. The molecule has 0 aliphatic carbocycles. The van der Waals surface area contributed by atoms with Crippen molar-refractivity contribution in [3.8, 4) is 0 Å². The highest BCUT2D eigenvalue weighted by molar-refractivity contribution is 7.89. The van der Waals surface area contributed by atoms with Gasteiger partial charge in [-0.15, -0.1) is 0 Å². The smallest absolute Gasteiger partial charge is 0.341 e. The predicted octanol–water partition coefficient (Wildman–Crippen LogP) is -1.78. The van der Waals surface area contributed by atoms with Crippen LogP contribution in [-0.2, 0) is 21.4 Å². The number of amides is 1. The van der Waals surface area contributed by atoms with Gasteiger partial charge in [-0.05, 0) is 0 Å². The molecule has 0 aromatic carbocycles. The Kier molecular flexibility index (Phi) is 4.49. The van der Waals surface area contributed by atoms with Crippen molar-refractivity contribution in [2.75, 3.05) is 23.8 Å². The second-order valence-electron chi connectivity index (χ2n) is 5.04. The molecular formula is C11H16N4O6S. The molecule has 1 aliphatic heterocycles. The van der Waals surface area contributed by atoms with Crippen LogP contribution >= 0.6 is 0 Å². The zero-order chi connectivity index (χ0) is 16.5. The highest BCUT2D eigenvalue weighted by atomic mass is 32.2. The summed E-state index contributed by atoms with van der Waals surface area (Å²) in [7, 11) is -3.73. The van der Waals surface area contributed by atoms with Crippen LogP contribution < -0.4 is 10.0 Å². The second kappa shape index (κ2) is 6.02. The predicted molar refractivity (Wildman–Crippen MR) is 74.7 cm³/mol. The summed E-state index contributed by atoms with van der Waals surface area (Å²) >= 11 is 0. The van der Waals surface area contributed by atoms with Crippen LogP contribution in [0.1, 0.15) is 16.8 Å². The second-order valence-corrected chi connectivity index (χ2v) is 6.70. The van der Waals surface area contributed by atoms with Crippen molar-refractivity contribution in [3.63, 3.8) is 0 Å². The fourth-order valence-electron chi connectivity index (χ4n) is 2.50. The Morgan fingerprint density at radius 2 is 2.18 bits per heavy atom. The molecule has 1 aromatic rings. The molecule has 10 nitrogen and oxygen atoms in total. The van der Waals surface area contributed by atoms with Crippen LogP contribution in [0, 0.1) is 5.92 Å². The average molecular weight is 332 g/mol. The first-order chi connectivity index (χ1) is 10.2. The molecule has 122 valence electrons. The first-order valence-corrected chi connectivity index (χ1v) is 8.15. The minimum atomic E-state index is -3.73. The number of carbonyl (C=O) groups excluding carboxylic acids is 1. The minimum Gasteiger partial charge on any atom is -0.477 e. The number of primary sulfonamides is 1. The fraction of sp³-hybridized carbons (Fsp3) is 0.545. The third kappa shape index (κ3) is 3.43. The number of carboxylic acid groups (broad SMARTS) is 1. The molecule has 11 heteroatoms. The van der Waals surface area contributed by atoms with Crippen LogP contribution in [0.2, 0.25) is 0 Å². The van der Waals surface area contributed by atoms with E-state index in [2.05, 4.69) is 5.10 Å². The highest BCUT2D eigenvalue weighted by Crippen LogP contribution is 2.28. The number of carboxylic acids is 1. The number of anilines is 1. The summed E-state index contributed by atoms with van der Waals surface area (Å²) in [5.74, 6) is -2.49. The van der Waals surface area contributed by atoms with E-state index in [0.29, 0.717) is 0 Å². The summed E-state index contributed by atoms with van der Waals surface area (Å²) in [4.78, 5) is 24.5.